The Hall–Kier alpha value is -2.91. The van der Waals surface area contributed by atoms with E-state index in [-0.39, 0.29) is 12.2 Å². The van der Waals surface area contributed by atoms with Crippen LogP contribution in [0.1, 0.15) is 16.8 Å². The molecule has 3 nitrogen and oxygen atoms in total. The van der Waals surface area contributed by atoms with Crippen LogP contribution < -0.4 is 4.74 Å². The number of carbonyl (C=O) groups excluding carboxylic acids is 1. The van der Waals surface area contributed by atoms with Crippen molar-refractivity contribution in [3.05, 3.63) is 83.4 Å². The van der Waals surface area contributed by atoms with E-state index in [1.807, 2.05) is 54.6 Å². The highest BCUT2D eigenvalue weighted by atomic mass is 35.5. The number of rotatable bonds is 6. The molecule has 0 aliphatic heterocycles. The van der Waals surface area contributed by atoms with Crippen LogP contribution >= 0.6 is 11.6 Å². The van der Waals surface area contributed by atoms with Gasteiger partial charge in [-0.1, -0.05) is 66.2 Å². The van der Waals surface area contributed by atoms with Crippen molar-refractivity contribution in [1.82, 2.24) is 0 Å². The largest absolute Gasteiger partial charge is 0.494 e. The van der Waals surface area contributed by atoms with Crippen molar-refractivity contribution < 1.29 is 9.53 Å². The molecule has 3 aromatic rings. The van der Waals surface area contributed by atoms with Gasteiger partial charge in [-0.2, -0.15) is 0 Å². The van der Waals surface area contributed by atoms with Gasteiger partial charge in [0.15, 0.2) is 5.78 Å². The Bertz CT molecular complexity index is 919. The molecule has 0 unspecified atom stereocenters. The average molecular weight is 364 g/mol. The van der Waals surface area contributed by atoms with Gasteiger partial charge >= 0.3 is 0 Å². The minimum absolute atomic E-state index is 0.00866. The maximum Gasteiger partial charge on any atom is 0.168 e. The molecule has 0 bridgehead atoms. The van der Waals surface area contributed by atoms with E-state index in [1.54, 1.807) is 31.5 Å². The lowest BCUT2D eigenvalue weighted by Gasteiger charge is -2.04. The van der Waals surface area contributed by atoms with Gasteiger partial charge in [-0.25, -0.2) is 0 Å². The predicted octanol–water partition coefficient (Wildman–Crippen LogP) is 5.99. The van der Waals surface area contributed by atoms with Crippen LogP contribution in [0, 0.1) is 0 Å². The van der Waals surface area contributed by atoms with Gasteiger partial charge in [0.1, 0.15) is 11.4 Å². The molecule has 4 heteroatoms. The van der Waals surface area contributed by atoms with Crippen LogP contribution in [0.3, 0.4) is 0 Å². The smallest absolute Gasteiger partial charge is 0.168 e. The van der Waals surface area contributed by atoms with Gasteiger partial charge in [0.25, 0.3) is 0 Å². The Labute approximate surface area is 157 Å². The van der Waals surface area contributed by atoms with Gasteiger partial charge in [0.05, 0.1) is 7.11 Å². The number of halogens is 1. The van der Waals surface area contributed by atoms with Crippen molar-refractivity contribution in [2.45, 2.75) is 6.42 Å². The molecule has 3 aromatic carbocycles. The number of hydrogen-bond acceptors (Lipinski definition) is 3. The summed E-state index contributed by atoms with van der Waals surface area (Å²) in [4.78, 5) is 16.7. The summed E-state index contributed by atoms with van der Waals surface area (Å²) >= 11 is 5.98. The fourth-order valence-corrected chi connectivity index (χ4v) is 2.75. The third-order valence-corrected chi connectivity index (χ3v) is 4.20. The highest BCUT2D eigenvalue weighted by molar-refractivity contribution is 6.30. The number of Topliss-reactive ketones (excluding diaryl/α,β-unsaturated/α-hetero) is 1. The second-order valence-electron chi connectivity index (χ2n) is 5.70. The Morgan fingerprint density at radius 3 is 2.38 bits per heavy atom. The van der Waals surface area contributed by atoms with E-state index in [1.165, 1.54) is 0 Å². The van der Waals surface area contributed by atoms with Gasteiger partial charge in [0, 0.05) is 23.2 Å². The average Bonchev–Trinajstić information content (AvgIpc) is 2.69. The van der Waals surface area contributed by atoms with E-state index < -0.39 is 0 Å². The molecule has 0 aliphatic carbocycles. The van der Waals surface area contributed by atoms with E-state index in [2.05, 4.69) is 4.99 Å². The van der Waals surface area contributed by atoms with E-state index in [0.717, 1.165) is 11.1 Å². The van der Waals surface area contributed by atoms with Crippen molar-refractivity contribution in [2.24, 2.45) is 4.99 Å². The Kier molecular flexibility index (Phi) is 5.82. The maximum atomic E-state index is 12.4. The third-order valence-electron chi connectivity index (χ3n) is 3.96. The fourth-order valence-electron chi connectivity index (χ4n) is 2.59. The quantitative estimate of drug-likeness (QED) is 0.398. The molecule has 0 amide bonds. The molecule has 0 N–H and O–H groups in total. The van der Waals surface area contributed by atoms with Crippen LogP contribution in [0.2, 0.25) is 5.02 Å². The maximum absolute atomic E-state index is 12.4. The van der Waals surface area contributed by atoms with Crippen LogP contribution in [-0.4, -0.2) is 19.1 Å². The predicted molar refractivity (Wildman–Crippen MR) is 107 cm³/mol. The van der Waals surface area contributed by atoms with Crippen molar-refractivity contribution in [2.75, 3.05) is 7.11 Å². The number of aliphatic imine (C=N–C) groups is 1. The number of benzene rings is 3. The number of methoxy groups -OCH3 is 1. The topological polar surface area (TPSA) is 38.7 Å². The molecule has 3 rings (SSSR count). The minimum Gasteiger partial charge on any atom is -0.494 e. The number of ketones is 1. The first kappa shape index (κ1) is 17.9. The van der Waals surface area contributed by atoms with Gasteiger partial charge in [0.2, 0.25) is 0 Å². The second-order valence-corrected chi connectivity index (χ2v) is 6.13. The van der Waals surface area contributed by atoms with Crippen LogP contribution in [0.25, 0.3) is 11.1 Å². The lowest BCUT2D eigenvalue weighted by Crippen LogP contribution is -1.99. The number of ether oxygens (including phenoxy) is 1. The zero-order valence-corrected chi connectivity index (χ0v) is 15.1. The molecule has 0 fully saturated rings. The van der Waals surface area contributed by atoms with E-state index in [9.17, 15) is 4.79 Å². The Morgan fingerprint density at radius 1 is 1.00 bits per heavy atom. The first-order valence-corrected chi connectivity index (χ1v) is 8.60. The van der Waals surface area contributed by atoms with E-state index in [4.69, 9.17) is 16.3 Å². The van der Waals surface area contributed by atoms with Crippen LogP contribution in [0.4, 0.5) is 5.69 Å². The SMILES string of the molecule is COc1ccc(Cl)cc1N=CCC(=O)c1ccc(-c2ccccc2)cc1. The molecule has 0 heterocycles. The number of nitrogens with zero attached hydrogens (tertiary/aromatic N) is 1. The van der Waals surface area contributed by atoms with Crippen molar-refractivity contribution in [3.63, 3.8) is 0 Å². The van der Waals surface area contributed by atoms with Crippen LogP contribution in [0.15, 0.2) is 77.8 Å². The van der Waals surface area contributed by atoms with Gasteiger partial charge < -0.3 is 4.74 Å². The zero-order chi connectivity index (χ0) is 18.4. The molecule has 0 saturated heterocycles. The van der Waals surface area contributed by atoms with E-state index >= 15 is 0 Å². The summed E-state index contributed by atoms with van der Waals surface area (Å²) in [5.41, 5.74) is 3.47. The van der Waals surface area contributed by atoms with Crippen molar-refractivity contribution in [3.8, 4) is 16.9 Å². The molecule has 26 heavy (non-hydrogen) atoms. The summed E-state index contributed by atoms with van der Waals surface area (Å²) in [5, 5.41) is 0.570. The summed E-state index contributed by atoms with van der Waals surface area (Å²) in [6, 6.07) is 22.9. The van der Waals surface area contributed by atoms with E-state index in [0.29, 0.717) is 22.0 Å². The normalized spacial score (nSPS) is 10.8. The molecule has 0 aromatic heterocycles. The fraction of sp³-hybridized carbons (Fsp3) is 0.0909. The number of carbonyl (C=O) groups is 1. The van der Waals surface area contributed by atoms with Crippen LogP contribution in [0.5, 0.6) is 5.75 Å². The van der Waals surface area contributed by atoms with Crippen LogP contribution in [-0.2, 0) is 0 Å². The first-order valence-electron chi connectivity index (χ1n) is 8.22. The molecule has 0 aliphatic rings. The van der Waals surface area contributed by atoms with Crippen molar-refractivity contribution in [1.29, 1.82) is 0 Å². The monoisotopic (exact) mass is 363 g/mol. The first-order chi connectivity index (χ1) is 12.7. The lowest BCUT2D eigenvalue weighted by atomic mass is 10.0. The molecule has 0 spiro atoms. The summed E-state index contributed by atoms with van der Waals surface area (Å²) < 4.78 is 5.24. The summed E-state index contributed by atoms with van der Waals surface area (Å²) in [5.74, 6) is 0.625. The van der Waals surface area contributed by atoms with Crippen molar-refractivity contribution >= 4 is 29.3 Å². The summed E-state index contributed by atoms with van der Waals surface area (Å²) in [7, 11) is 1.57. The molecule has 130 valence electrons. The number of hydrogen-bond donors (Lipinski definition) is 0. The summed E-state index contributed by atoms with van der Waals surface area (Å²) in [6.45, 7) is 0. The Balaban J connectivity index is 1.68. The zero-order valence-electron chi connectivity index (χ0n) is 14.4. The molecular weight excluding hydrogens is 346 g/mol. The standard InChI is InChI=1S/C22H18ClNO2/c1-26-22-12-11-19(23)15-20(22)24-14-13-21(25)18-9-7-17(8-10-18)16-5-3-2-4-6-16/h2-12,14-15H,13H2,1H3. The molecular formula is C22H18ClNO2. The van der Waals surface area contributed by atoms with Gasteiger partial charge in [-0.15, -0.1) is 0 Å². The Morgan fingerprint density at radius 2 is 1.69 bits per heavy atom. The molecule has 0 saturated carbocycles. The van der Waals surface area contributed by atoms with Gasteiger partial charge in [-0.05, 0) is 29.3 Å². The minimum atomic E-state index is 0.00866. The lowest BCUT2D eigenvalue weighted by molar-refractivity contribution is 0.100. The highest BCUT2D eigenvalue weighted by Crippen LogP contribution is 2.30. The highest BCUT2D eigenvalue weighted by Gasteiger charge is 2.06. The molecule has 0 radical (unpaired) electrons. The molecule has 0 atom stereocenters. The third kappa shape index (κ3) is 4.38. The van der Waals surface area contributed by atoms with Gasteiger partial charge in [-0.3, -0.25) is 9.79 Å². The second kappa shape index (κ2) is 8.45. The summed E-state index contributed by atoms with van der Waals surface area (Å²) in [6.07, 6.45) is 1.79.